The molecule has 0 fully saturated rings. The summed E-state index contributed by atoms with van der Waals surface area (Å²) in [5.41, 5.74) is 0. The van der Waals surface area contributed by atoms with Gasteiger partial charge in [0.2, 0.25) is 0 Å². The van der Waals surface area contributed by atoms with Crippen LogP contribution in [0.25, 0.3) is 0 Å². The summed E-state index contributed by atoms with van der Waals surface area (Å²) >= 11 is 3.17. The number of carboxylic acids is 1. The monoisotopic (exact) mass is 278 g/mol. The van der Waals surface area contributed by atoms with Gasteiger partial charge in [0.25, 0.3) is 5.97 Å². The van der Waals surface area contributed by atoms with E-state index < -0.39 is 12.1 Å². The van der Waals surface area contributed by atoms with Crippen molar-refractivity contribution < 1.29 is 15.0 Å². The summed E-state index contributed by atoms with van der Waals surface area (Å²) in [6.07, 6.45) is 3.85. The summed E-state index contributed by atoms with van der Waals surface area (Å²) in [6, 6.07) is 0. The number of alkyl halides is 1. The molecule has 0 aromatic carbocycles. The molecule has 0 aromatic heterocycles. The second-order valence-corrected chi connectivity index (χ2v) is 3.55. The summed E-state index contributed by atoms with van der Waals surface area (Å²) in [7, 11) is 0. The van der Waals surface area contributed by atoms with Crippen molar-refractivity contribution in [2.24, 2.45) is 0 Å². The Labute approximate surface area is 100 Å². The molecule has 0 aromatic rings. The first kappa shape index (κ1) is 16.9. The smallest absolute Gasteiger partial charge is 0.300 e. The van der Waals surface area contributed by atoms with Crippen molar-refractivity contribution in [1.82, 2.24) is 0 Å². The number of hydrogen-bond donors (Lipinski definition) is 2. The van der Waals surface area contributed by atoms with Crippen LogP contribution in [0.5, 0.6) is 0 Å². The van der Waals surface area contributed by atoms with Gasteiger partial charge in [0, 0.05) is 6.92 Å². The topological polar surface area (TPSA) is 57.5 Å². The molecule has 0 saturated carbocycles. The first-order valence-corrected chi connectivity index (χ1v) is 6.08. The molecule has 0 spiro atoms. The van der Waals surface area contributed by atoms with E-state index in [2.05, 4.69) is 34.7 Å². The Bertz CT molecular complexity index is 202. The molecule has 0 aliphatic carbocycles. The minimum Gasteiger partial charge on any atom is -0.481 e. The SMILES string of the molecule is CC(=O)O.CCCCCC(O)C#CCBr. The highest BCUT2D eigenvalue weighted by Gasteiger charge is 1.96. The minimum atomic E-state index is -0.833. The van der Waals surface area contributed by atoms with E-state index in [1.165, 1.54) is 12.8 Å². The van der Waals surface area contributed by atoms with Crippen molar-refractivity contribution in [3.8, 4) is 11.8 Å². The van der Waals surface area contributed by atoms with Crippen LogP contribution in [0.3, 0.4) is 0 Å². The van der Waals surface area contributed by atoms with Gasteiger partial charge in [-0.1, -0.05) is 47.5 Å². The summed E-state index contributed by atoms with van der Waals surface area (Å²) < 4.78 is 0. The number of carbonyl (C=O) groups is 1. The first-order chi connectivity index (χ1) is 7.04. The van der Waals surface area contributed by atoms with Crippen LogP contribution >= 0.6 is 15.9 Å². The Morgan fingerprint density at radius 1 is 1.47 bits per heavy atom. The molecule has 0 saturated heterocycles. The lowest BCUT2D eigenvalue weighted by atomic mass is 10.1. The summed E-state index contributed by atoms with van der Waals surface area (Å²) in [6.45, 7) is 3.23. The number of halogens is 1. The number of aliphatic hydroxyl groups is 1. The van der Waals surface area contributed by atoms with Gasteiger partial charge < -0.3 is 10.2 Å². The average molecular weight is 279 g/mol. The van der Waals surface area contributed by atoms with Crippen molar-refractivity contribution in [3.05, 3.63) is 0 Å². The Morgan fingerprint density at radius 2 is 2.00 bits per heavy atom. The quantitative estimate of drug-likeness (QED) is 0.472. The van der Waals surface area contributed by atoms with Gasteiger partial charge in [-0.05, 0) is 12.8 Å². The lowest BCUT2D eigenvalue weighted by molar-refractivity contribution is -0.134. The maximum atomic E-state index is 9.21. The molecule has 0 amide bonds. The third-order valence-corrected chi connectivity index (χ3v) is 1.70. The predicted molar refractivity (Wildman–Crippen MR) is 65.0 cm³/mol. The zero-order valence-corrected chi connectivity index (χ0v) is 10.9. The molecule has 15 heavy (non-hydrogen) atoms. The van der Waals surface area contributed by atoms with Crippen LogP contribution in [-0.2, 0) is 4.79 Å². The second kappa shape index (κ2) is 13.5. The van der Waals surface area contributed by atoms with Crippen LogP contribution in [0.1, 0.15) is 39.5 Å². The van der Waals surface area contributed by atoms with E-state index in [4.69, 9.17) is 9.90 Å². The molecule has 0 heterocycles. The van der Waals surface area contributed by atoms with Crippen LogP contribution in [0.4, 0.5) is 0 Å². The summed E-state index contributed by atoms with van der Waals surface area (Å²) in [5, 5.41) is 17.3. The molecule has 88 valence electrons. The third-order valence-electron chi connectivity index (χ3n) is 1.42. The molecule has 0 aliphatic rings. The number of unbranched alkanes of at least 4 members (excludes halogenated alkanes) is 2. The van der Waals surface area contributed by atoms with E-state index >= 15 is 0 Å². The summed E-state index contributed by atoms with van der Waals surface area (Å²) in [5.74, 6) is 4.71. The minimum absolute atomic E-state index is 0.418. The number of carboxylic acid groups (broad SMARTS) is 1. The molecule has 0 radical (unpaired) electrons. The Balaban J connectivity index is 0. The van der Waals surface area contributed by atoms with Gasteiger partial charge in [-0.25, -0.2) is 0 Å². The molecule has 4 heteroatoms. The van der Waals surface area contributed by atoms with Gasteiger partial charge in [-0.2, -0.15) is 0 Å². The molecule has 1 atom stereocenters. The molecule has 0 rings (SSSR count). The fraction of sp³-hybridized carbons (Fsp3) is 0.727. The van der Waals surface area contributed by atoms with E-state index in [1.807, 2.05) is 0 Å². The lowest BCUT2D eigenvalue weighted by Gasteiger charge is -2.00. The predicted octanol–water partition coefficient (Wildman–Crippen LogP) is 2.42. The molecular weight excluding hydrogens is 260 g/mol. The normalized spacial score (nSPS) is 10.4. The number of aliphatic hydroxyl groups excluding tert-OH is 1. The molecule has 2 N–H and O–H groups in total. The van der Waals surface area contributed by atoms with Gasteiger partial charge in [0.05, 0.1) is 5.33 Å². The standard InChI is InChI=1S/C9H15BrO.C2H4O2/c1-2-3-4-6-9(11)7-5-8-10;1-2(3)4/h9,11H,2-4,6,8H2,1H3;1H3,(H,3,4). The molecule has 0 aliphatic heterocycles. The first-order valence-electron chi connectivity index (χ1n) is 4.96. The van der Waals surface area contributed by atoms with Gasteiger partial charge in [0.1, 0.15) is 6.10 Å². The third kappa shape index (κ3) is 24.7. The molecule has 1 unspecified atom stereocenters. The number of aliphatic carboxylic acids is 1. The Morgan fingerprint density at radius 3 is 2.40 bits per heavy atom. The van der Waals surface area contributed by atoms with Crippen LogP contribution < -0.4 is 0 Å². The zero-order valence-electron chi connectivity index (χ0n) is 9.29. The van der Waals surface area contributed by atoms with E-state index in [0.29, 0.717) is 5.33 Å². The largest absolute Gasteiger partial charge is 0.481 e. The van der Waals surface area contributed by atoms with E-state index in [1.54, 1.807) is 0 Å². The maximum Gasteiger partial charge on any atom is 0.300 e. The molecule has 0 bridgehead atoms. The fourth-order valence-corrected chi connectivity index (χ4v) is 0.978. The number of rotatable bonds is 4. The molecular formula is C11H19BrO3. The summed E-state index contributed by atoms with van der Waals surface area (Å²) in [4.78, 5) is 9.00. The zero-order chi connectivity index (χ0) is 12.1. The van der Waals surface area contributed by atoms with Crippen molar-refractivity contribution >= 4 is 21.9 Å². The van der Waals surface area contributed by atoms with Gasteiger partial charge >= 0.3 is 0 Å². The van der Waals surface area contributed by atoms with E-state index in [-0.39, 0.29) is 0 Å². The van der Waals surface area contributed by atoms with E-state index in [9.17, 15) is 5.11 Å². The highest BCUT2D eigenvalue weighted by atomic mass is 79.9. The molecule has 3 nitrogen and oxygen atoms in total. The van der Waals surface area contributed by atoms with Crippen LogP contribution in [0.15, 0.2) is 0 Å². The van der Waals surface area contributed by atoms with Gasteiger partial charge in [0.15, 0.2) is 0 Å². The van der Waals surface area contributed by atoms with Gasteiger partial charge in [-0.15, -0.1) is 0 Å². The number of hydrogen-bond acceptors (Lipinski definition) is 2. The van der Waals surface area contributed by atoms with Crippen molar-refractivity contribution in [3.63, 3.8) is 0 Å². The Hall–Kier alpha value is -0.530. The highest BCUT2D eigenvalue weighted by Crippen LogP contribution is 2.01. The highest BCUT2D eigenvalue weighted by molar-refractivity contribution is 9.09. The van der Waals surface area contributed by atoms with Crippen molar-refractivity contribution in [2.75, 3.05) is 5.33 Å². The average Bonchev–Trinajstić information content (AvgIpc) is 2.14. The van der Waals surface area contributed by atoms with Crippen LogP contribution in [0.2, 0.25) is 0 Å². The van der Waals surface area contributed by atoms with Crippen molar-refractivity contribution in [2.45, 2.75) is 45.6 Å². The fourth-order valence-electron chi connectivity index (χ4n) is 0.816. The lowest BCUT2D eigenvalue weighted by Crippen LogP contribution is -2.01. The van der Waals surface area contributed by atoms with Gasteiger partial charge in [-0.3, -0.25) is 4.79 Å². The van der Waals surface area contributed by atoms with Crippen LogP contribution in [-0.4, -0.2) is 27.6 Å². The van der Waals surface area contributed by atoms with Crippen LogP contribution in [0, 0.1) is 11.8 Å². The van der Waals surface area contributed by atoms with Crippen molar-refractivity contribution in [1.29, 1.82) is 0 Å². The maximum absolute atomic E-state index is 9.21. The van der Waals surface area contributed by atoms with E-state index in [0.717, 1.165) is 19.8 Å². The second-order valence-electron chi connectivity index (χ2n) is 2.99. The Kier molecular flexibility index (Phi) is 15.2.